The minimum atomic E-state index is -4.87. The fourth-order valence-electron chi connectivity index (χ4n) is 2.66. The summed E-state index contributed by atoms with van der Waals surface area (Å²) in [6.45, 7) is 0.783. The van der Waals surface area contributed by atoms with Crippen LogP contribution in [0.5, 0.6) is 0 Å². The third kappa shape index (κ3) is 5.21. The van der Waals surface area contributed by atoms with Crippen LogP contribution in [-0.4, -0.2) is 42.5 Å². The molecule has 0 aliphatic carbocycles. The first-order valence-corrected chi connectivity index (χ1v) is 7.63. The van der Waals surface area contributed by atoms with Crippen molar-refractivity contribution in [1.82, 2.24) is 10.2 Å². The molecule has 1 aromatic carbocycles. The summed E-state index contributed by atoms with van der Waals surface area (Å²) in [7, 11) is 0. The number of hydrogen-bond acceptors (Lipinski definition) is 2. The zero-order chi connectivity index (χ0) is 17.7. The van der Waals surface area contributed by atoms with E-state index in [1.165, 1.54) is 18.2 Å². The van der Waals surface area contributed by atoms with Gasteiger partial charge in [-0.3, -0.25) is 9.59 Å². The summed E-state index contributed by atoms with van der Waals surface area (Å²) in [6, 6.07) is 5.81. The molecule has 1 N–H and O–H groups in total. The second-order valence-corrected chi connectivity index (χ2v) is 5.84. The van der Waals surface area contributed by atoms with Crippen LogP contribution in [0.3, 0.4) is 0 Å². The molecule has 0 unspecified atom stereocenters. The van der Waals surface area contributed by atoms with Crippen LogP contribution in [-0.2, 0) is 16.0 Å². The minimum absolute atomic E-state index is 0.0513. The number of hydrogen-bond donors (Lipinski definition) is 1. The Morgan fingerprint density at radius 3 is 2.46 bits per heavy atom. The molecule has 1 saturated heterocycles. The maximum absolute atomic E-state index is 13.1. The molecule has 132 valence electrons. The zero-order valence-electron chi connectivity index (χ0n) is 12.9. The Bertz CT molecular complexity index is 596. The largest absolute Gasteiger partial charge is 0.471 e. The summed E-state index contributed by atoms with van der Waals surface area (Å²) in [4.78, 5) is 24.6. The highest BCUT2D eigenvalue weighted by atomic mass is 19.4. The van der Waals surface area contributed by atoms with E-state index in [-0.39, 0.29) is 24.8 Å². The van der Waals surface area contributed by atoms with E-state index in [4.69, 9.17) is 0 Å². The van der Waals surface area contributed by atoms with E-state index in [0.717, 1.165) is 0 Å². The Labute approximate surface area is 136 Å². The smallest absolute Gasteiger partial charge is 0.348 e. The van der Waals surface area contributed by atoms with Crippen molar-refractivity contribution in [3.63, 3.8) is 0 Å². The molecular weight excluding hydrogens is 328 g/mol. The molecule has 8 heteroatoms. The number of nitrogens with zero attached hydrogens (tertiary/aromatic N) is 1. The number of rotatable bonds is 4. The molecule has 0 bridgehead atoms. The van der Waals surface area contributed by atoms with Crippen LogP contribution in [0.25, 0.3) is 0 Å². The first-order chi connectivity index (χ1) is 11.3. The Morgan fingerprint density at radius 1 is 1.21 bits per heavy atom. The van der Waals surface area contributed by atoms with Crippen molar-refractivity contribution in [2.24, 2.45) is 5.92 Å². The van der Waals surface area contributed by atoms with Gasteiger partial charge >= 0.3 is 12.1 Å². The van der Waals surface area contributed by atoms with Crippen molar-refractivity contribution in [2.45, 2.75) is 25.4 Å². The van der Waals surface area contributed by atoms with Gasteiger partial charge in [0.25, 0.3) is 0 Å². The van der Waals surface area contributed by atoms with Gasteiger partial charge in [-0.05, 0) is 36.5 Å². The van der Waals surface area contributed by atoms with Crippen LogP contribution in [0.1, 0.15) is 18.4 Å². The lowest BCUT2D eigenvalue weighted by atomic mass is 9.96. The second kappa shape index (κ2) is 7.63. The van der Waals surface area contributed by atoms with E-state index in [1.807, 2.05) is 5.32 Å². The van der Waals surface area contributed by atoms with Crippen molar-refractivity contribution in [1.29, 1.82) is 0 Å². The number of alkyl halides is 3. The van der Waals surface area contributed by atoms with Gasteiger partial charge < -0.3 is 10.2 Å². The molecule has 1 aromatic rings. The van der Waals surface area contributed by atoms with Crippen LogP contribution >= 0.6 is 0 Å². The number of piperidine rings is 1. The second-order valence-electron chi connectivity index (χ2n) is 5.84. The van der Waals surface area contributed by atoms with Gasteiger partial charge in [-0.2, -0.15) is 13.2 Å². The van der Waals surface area contributed by atoms with Crippen LogP contribution < -0.4 is 5.32 Å². The van der Waals surface area contributed by atoms with Crippen LogP contribution in [0.4, 0.5) is 17.6 Å². The number of halogens is 4. The van der Waals surface area contributed by atoms with Gasteiger partial charge in [-0.1, -0.05) is 12.1 Å². The zero-order valence-corrected chi connectivity index (χ0v) is 12.9. The Hall–Kier alpha value is -2.12. The van der Waals surface area contributed by atoms with Gasteiger partial charge in [-0.25, -0.2) is 4.39 Å². The van der Waals surface area contributed by atoms with E-state index in [2.05, 4.69) is 0 Å². The number of carbonyl (C=O) groups is 2. The predicted octanol–water partition coefficient (Wildman–Crippen LogP) is 2.29. The highest BCUT2D eigenvalue weighted by molar-refractivity contribution is 5.81. The van der Waals surface area contributed by atoms with Crippen molar-refractivity contribution in [3.8, 4) is 0 Å². The number of nitrogens with one attached hydrogen (secondary N) is 1. The summed E-state index contributed by atoms with van der Waals surface area (Å²) < 4.78 is 49.5. The van der Waals surface area contributed by atoms with Gasteiger partial charge in [0.15, 0.2) is 0 Å². The van der Waals surface area contributed by atoms with Crippen molar-refractivity contribution in [2.75, 3.05) is 19.6 Å². The van der Waals surface area contributed by atoms with E-state index in [1.54, 1.807) is 11.0 Å². The Balaban J connectivity index is 1.76. The van der Waals surface area contributed by atoms with E-state index >= 15 is 0 Å². The van der Waals surface area contributed by atoms with Crippen LogP contribution in [0.2, 0.25) is 0 Å². The maximum Gasteiger partial charge on any atom is 0.471 e. The van der Waals surface area contributed by atoms with Gasteiger partial charge in [0, 0.05) is 19.6 Å². The fraction of sp³-hybridized carbons (Fsp3) is 0.500. The lowest BCUT2D eigenvalue weighted by molar-refractivity contribution is -0.173. The average Bonchev–Trinajstić information content (AvgIpc) is 2.52. The lowest BCUT2D eigenvalue weighted by Crippen LogP contribution is -2.44. The quantitative estimate of drug-likeness (QED) is 0.851. The first-order valence-electron chi connectivity index (χ1n) is 7.63. The normalized spacial score (nSPS) is 16.1. The van der Waals surface area contributed by atoms with E-state index in [9.17, 15) is 27.2 Å². The molecule has 0 spiro atoms. The third-order valence-corrected chi connectivity index (χ3v) is 4.02. The van der Waals surface area contributed by atoms with Crippen LogP contribution in [0.15, 0.2) is 24.3 Å². The molecule has 2 amide bonds. The Morgan fingerprint density at radius 2 is 1.88 bits per heavy atom. The highest BCUT2D eigenvalue weighted by Gasteiger charge is 2.38. The van der Waals surface area contributed by atoms with Gasteiger partial charge in [0.05, 0.1) is 6.42 Å². The standard InChI is InChI=1S/C16H18F4N2O2/c17-13-3-1-2-12(8-13)9-14(23)22-6-4-11(5-7-22)10-21-15(24)16(18,19)20/h1-3,8,11H,4-7,9-10H2,(H,21,24). The lowest BCUT2D eigenvalue weighted by Gasteiger charge is -2.32. The monoisotopic (exact) mass is 346 g/mol. The van der Waals surface area contributed by atoms with E-state index in [0.29, 0.717) is 31.5 Å². The van der Waals surface area contributed by atoms with E-state index < -0.39 is 17.9 Å². The first kappa shape index (κ1) is 18.2. The molecular formula is C16H18F4N2O2. The highest BCUT2D eigenvalue weighted by Crippen LogP contribution is 2.19. The molecule has 0 saturated carbocycles. The molecule has 2 rings (SSSR count). The topological polar surface area (TPSA) is 49.4 Å². The molecule has 1 aliphatic rings. The predicted molar refractivity (Wildman–Crippen MR) is 78.5 cm³/mol. The van der Waals surface area contributed by atoms with Crippen LogP contribution in [0, 0.1) is 11.7 Å². The summed E-state index contributed by atoms with van der Waals surface area (Å²) in [5.41, 5.74) is 0.583. The fourth-order valence-corrected chi connectivity index (χ4v) is 2.66. The SMILES string of the molecule is O=C(Cc1cccc(F)c1)N1CCC(CNC(=O)C(F)(F)F)CC1. The molecule has 0 atom stereocenters. The number of benzene rings is 1. The van der Waals surface area contributed by atoms with Gasteiger partial charge in [-0.15, -0.1) is 0 Å². The van der Waals surface area contributed by atoms with Gasteiger partial charge in [0.1, 0.15) is 5.82 Å². The van der Waals surface area contributed by atoms with Crippen molar-refractivity contribution in [3.05, 3.63) is 35.6 Å². The molecule has 24 heavy (non-hydrogen) atoms. The summed E-state index contributed by atoms with van der Waals surface area (Å²) >= 11 is 0. The number of likely N-dealkylation sites (tertiary alicyclic amines) is 1. The minimum Gasteiger partial charge on any atom is -0.348 e. The molecule has 1 fully saturated rings. The van der Waals surface area contributed by atoms with Crippen molar-refractivity contribution < 1.29 is 27.2 Å². The Kier molecular flexibility index (Phi) is 5.80. The summed E-state index contributed by atoms with van der Waals surface area (Å²) in [5, 5.41) is 1.87. The molecule has 1 aliphatic heterocycles. The van der Waals surface area contributed by atoms with Crippen molar-refractivity contribution >= 4 is 11.8 Å². The summed E-state index contributed by atoms with van der Waals surface area (Å²) in [5.74, 6) is -2.57. The number of amides is 2. The molecule has 4 nitrogen and oxygen atoms in total. The summed E-state index contributed by atoms with van der Waals surface area (Å²) in [6.07, 6.45) is -3.74. The third-order valence-electron chi connectivity index (χ3n) is 4.02. The van der Waals surface area contributed by atoms with Gasteiger partial charge in [0.2, 0.25) is 5.91 Å². The number of carbonyl (C=O) groups excluding carboxylic acids is 2. The molecule has 0 radical (unpaired) electrons. The molecule has 1 heterocycles. The maximum atomic E-state index is 13.1. The average molecular weight is 346 g/mol. The molecule has 0 aromatic heterocycles.